The number of hydrogen-bond donors (Lipinski definition) is 1. The molecule has 0 bridgehead atoms. The molecule has 1 heterocycles. The third kappa shape index (κ3) is 5.15. The maximum atomic E-state index is 8.73. The summed E-state index contributed by atoms with van der Waals surface area (Å²) in [4.78, 5) is 4.05. The van der Waals surface area contributed by atoms with Gasteiger partial charge in [0, 0.05) is 42.1 Å². The van der Waals surface area contributed by atoms with E-state index in [-0.39, 0.29) is 6.61 Å². The van der Waals surface area contributed by atoms with E-state index in [0.29, 0.717) is 0 Å². The standard InChI is InChI=1S/C19H17NO/c21-15-6-2-1-3-9-18-10-4-5-11-19(18)13-12-17-8-7-14-20-16-17/h4-5,7-8,10-11,14,16,21H,1-2,6,15H2. The van der Waals surface area contributed by atoms with Crippen molar-refractivity contribution in [3.05, 3.63) is 65.5 Å². The molecule has 0 aliphatic heterocycles. The van der Waals surface area contributed by atoms with Crippen molar-refractivity contribution in [3.63, 3.8) is 0 Å². The van der Waals surface area contributed by atoms with Crippen molar-refractivity contribution in [2.24, 2.45) is 0 Å². The lowest BCUT2D eigenvalue weighted by atomic mass is 10.1. The highest BCUT2D eigenvalue weighted by atomic mass is 16.2. The van der Waals surface area contributed by atoms with Crippen LogP contribution in [0.15, 0.2) is 48.8 Å². The van der Waals surface area contributed by atoms with E-state index in [4.69, 9.17) is 5.11 Å². The monoisotopic (exact) mass is 275 g/mol. The van der Waals surface area contributed by atoms with Gasteiger partial charge in [0.25, 0.3) is 0 Å². The van der Waals surface area contributed by atoms with Crippen LogP contribution in [0.4, 0.5) is 0 Å². The Bertz CT molecular complexity index is 684. The maximum Gasteiger partial charge on any atom is 0.0432 e. The molecule has 0 amide bonds. The fraction of sp³-hybridized carbons (Fsp3) is 0.211. The van der Waals surface area contributed by atoms with Crippen LogP contribution < -0.4 is 0 Å². The molecule has 0 aliphatic rings. The number of benzene rings is 1. The van der Waals surface area contributed by atoms with E-state index in [9.17, 15) is 0 Å². The van der Waals surface area contributed by atoms with Gasteiger partial charge in [0.2, 0.25) is 0 Å². The number of aliphatic hydroxyl groups is 1. The van der Waals surface area contributed by atoms with Gasteiger partial charge in [-0.1, -0.05) is 35.8 Å². The minimum absolute atomic E-state index is 0.231. The lowest BCUT2D eigenvalue weighted by molar-refractivity contribution is 0.285. The second-order valence-electron chi connectivity index (χ2n) is 4.52. The van der Waals surface area contributed by atoms with E-state index in [1.54, 1.807) is 12.4 Å². The number of unbranched alkanes of at least 4 members (excludes halogenated alkanes) is 2. The van der Waals surface area contributed by atoms with E-state index in [2.05, 4.69) is 28.7 Å². The number of nitrogens with zero attached hydrogens (tertiary/aromatic N) is 1. The van der Waals surface area contributed by atoms with Gasteiger partial charge in [0.15, 0.2) is 0 Å². The molecule has 0 radical (unpaired) electrons. The van der Waals surface area contributed by atoms with Crippen LogP contribution in [0.5, 0.6) is 0 Å². The summed E-state index contributed by atoms with van der Waals surface area (Å²) in [6.45, 7) is 0.231. The molecule has 21 heavy (non-hydrogen) atoms. The molecule has 2 rings (SSSR count). The highest BCUT2D eigenvalue weighted by Gasteiger charge is 1.94. The van der Waals surface area contributed by atoms with Gasteiger partial charge in [-0.25, -0.2) is 0 Å². The summed E-state index contributed by atoms with van der Waals surface area (Å²) >= 11 is 0. The van der Waals surface area contributed by atoms with Crippen molar-refractivity contribution in [2.75, 3.05) is 6.61 Å². The van der Waals surface area contributed by atoms with Crippen LogP contribution in [0.2, 0.25) is 0 Å². The van der Waals surface area contributed by atoms with Crippen LogP contribution in [0.25, 0.3) is 0 Å². The Kier molecular flexibility index (Phi) is 6.07. The van der Waals surface area contributed by atoms with Crippen molar-refractivity contribution in [1.82, 2.24) is 4.98 Å². The maximum absolute atomic E-state index is 8.73. The minimum atomic E-state index is 0.231. The predicted molar refractivity (Wildman–Crippen MR) is 84.5 cm³/mol. The average Bonchev–Trinajstić information content (AvgIpc) is 2.55. The topological polar surface area (TPSA) is 33.1 Å². The van der Waals surface area contributed by atoms with Gasteiger partial charge in [-0.05, 0) is 37.1 Å². The number of rotatable bonds is 3. The smallest absolute Gasteiger partial charge is 0.0432 e. The molecular formula is C19H17NO. The predicted octanol–water partition coefficient (Wildman–Crippen LogP) is 3.00. The van der Waals surface area contributed by atoms with Gasteiger partial charge in [-0.3, -0.25) is 4.98 Å². The van der Waals surface area contributed by atoms with Gasteiger partial charge in [0.1, 0.15) is 0 Å². The summed E-state index contributed by atoms with van der Waals surface area (Å²) in [5.74, 6) is 12.5. The molecule has 0 saturated carbocycles. The Hall–Kier alpha value is -2.55. The Labute approximate surface area is 125 Å². The van der Waals surface area contributed by atoms with Crippen LogP contribution in [0, 0.1) is 23.7 Å². The molecule has 1 N–H and O–H groups in total. The average molecular weight is 275 g/mol. The van der Waals surface area contributed by atoms with Crippen LogP contribution in [-0.4, -0.2) is 16.7 Å². The molecule has 2 heteroatoms. The SMILES string of the molecule is OCCCCC#Cc1ccccc1C#Cc1cccnc1. The molecule has 0 atom stereocenters. The van der Waals surface area contributed by atoms with E-state index in [1.165, 1.54) is 0 Å². The van der Waals surface area contributed by atoms with E-state index >= 15 is 0 Å². The minimum Gasteiger partial charge on any atom is -0.396 e. The Morgan fingerprint density at radius 2 is 1.71 bits per heavy atom. The normalized spacial score (nSPS) is 9.19. The molecule has 104 valence electrons. The number of hydrogen-bond acceptors (Lipinski definition) is 2. The molecule has 0 fully saturated rings. The van der Waals surface area contributed by atoms with E-state index < -0.39 is 0 Å². The molecule has 1 aromatic carbocycles. The third-order valence-electron chi connectivity index (χ3n) is 2.86. The van der Waals surface area contributed by atoms with Crippen LogP contribution in [-0.2, 0) is 0 Å². The van der Waals surface area contributed by atoms with E-state index in [1.807, 2.05) is 36.4 Å². The van der Waals surface area contributed by atoms with Crippen molar-refractivity contribution in [3.8, 4) is 23.7 Å². The summed E-state index contributed by atoms with van der Waals surface area (Å²) in [6, 6.07) is 11.7. The second kappa shape index (κ2) is 8.59. The quantitative estimate of drug-likeness (QED) is 0.690. The lowest BCUT2D eigenvalue weighted by Gasteiger charge is -1.95. The summed E-state index contributed by atoms with van der Waals surface area (Å²) in [7, 11) is 0. The summed E-state index contributed by atoms with van der Waals surface area (Å²) in [5, 5.41) is 8.73. The first-order valence-corrected chi connectivity index (χ1v) is 7.01. The van der Waals surface area contributed by atoms with Gasteiger partial charge >= 0.3 is 0 Å². The van der Waals surface area contributed by atoms with Crippen molar-refractivity contribution < 1.29 is 5.11 Å². The largest absolute Gasteiger partial charge is 0.396 e. The van der Waals surface area contributed by atoms with E-state index in [0.717, 1.165) is 36.0 Å². The summed E-state index contributed by atoms with van der Waals surface area (Å²) in [6.07, 6.45) is 6.00. The highest BCUT2D eigenvalue weighted by molar-refractivity contribution is 5.52. The van der Waals surface area contributed by atoms with Crippen LogP contribution >= 0.6 is 0 Å². The van der Waals surface area contributed by atoms with Gasteiger partial charge < -0.3 is 5.11 Å². The highest BCUT2D eigenvalue weighted by Crippen LogP contribution is 2.06. The Morgan fingerprint density at radius 3 is 2.43 bits per heavy atom. The zero-order valence-electron chi connectivity index (χ0n) is 11.8. The van der Waals surface area contributed by atoms with Gasteiger partial charge in [-0.2, -0.15) is 0 Å². The molecule has 0 aliphatic carbocycles. The van der Waals surface area contributed by atoms with Crippen molar-refractivity contribution in [1.29, 1.82) is 0 Å². The van der Waals surface area contributed by atoms with Crippen molar-refractivity contribution in [2.45, 2.75) is 19.3 Å². The first-order valence-electron chi connectivity index (χ1n) is 7.01. The Morgan fingerprint density at radius 1 is 0.905 bits per heavy atom. The molecule has 0 saturated heterocycles. The first-order chi connectivity index (χ1) is 10.4. The molecular weight excluding hydrogens is 258 g/mol. The number of aliphatic hydroxyl groups excluding tert-OH is 1. The summed E-state index contributed by atoms with van der Waals surface area (Å²) in [5.41, 5.74) is 2.76. The van der Waals surface area contributed by atoms with Gasteiger partial charge in [0.05, 0.1) is 0 Å². The van der Waals surface area contributed by atoms with Crippen LogP contribution in [0.3, 0.4) is 0 Å². The molecule has 0 unspecified atom stereocenters. The first kappa shape index (κ1) is 14.9. The Balaban J connectivity index is 2.12. The molecule has 1 aromatic heterocycles. The number of aromatic nitrogens is 1. The van der Waals surface area contributed by atoms with Crippen LogP contribution in [0.1, 0.15) is 36.0 Å². The zero-order chi connectivity index (χ0) is 14.8. The zero-order valence-corrected chi connectivity index (χ0v) is 11.8. The molecule has 0 spiro atoms. The van der Waals surface area contributed by atoms with Gasteiger partial charge in [-0.15, -0.1) is 0 Å². The molecule has 2 aromatic rings. The number of pyridine rings is 1. The summed E-state index contributed by atoms with van der Waals surface area (Å²) < 4.78 is 0. The third-order valence-corrected chi connectivity index (χ3v) is 2.86. The molecule has 2 nitrogen and oxygen atoms in total. The van der Waals surface area contributed by atoms with Crippen molar-refractivity contribution >= 4 is 0 Å². The fourth-order valence-electron chi connectivity index (χ4n) is 1.76. The fourth-order valence-corrected chi connectivity index (χ4v) is 1.76. The lowest BCUT2D eigenvalue weighted by Crippen LogP contribution is -1.84. The second-order valence-corrected chi connectivity index (χ2v) is 4.52.